The van der Waals surface area contributed by atoms with Gasteiger partial charge in [0.1, 0.15) is 12.6 Å². The van der Waals surface area contributed by atoms with Crippen LogP contribution in [0.25, 0.3) is 0 Å². The molecule has 1 saturated heterocycles. The standard InChI is InChI=1S/C20H30O3/c1-18(2)9-4-10-19(3)16(18)7-11-20(14-23-20)17(19)6-5-15(13-22)8-12-21/h5-6,12-13,15-17H,4,7-11,14H2,1-3H3/t15?,16?,17-,19+,20-/m1/s1. The van der Waals surface area contributed by atoms with E-state index in [0.29, 0.717) is 17.3 Å². The Hall–Kier alpha value is -0.960. The molecule has 2 aliphatic carbocycles. The average molecular weight is 318 g/mol. The SMILES string of the molecule is CC1(C)CCC[C@@]2(C)C1CC[C@@]1(CO1)[C@@H]2C=CC(C=O)CC=O. The van der Waals surface area contributed by atoms with Crippen LogP contribution in [0.3, 0.4) is 0 Å². The Bertz CT molecular complexity index is 503. The van der Waals surface area contributed by atoms with Crippen molar-refractivity contribution in [2.24, 2.45) is 28.6 Å². The fraction of sp³-hybridized carbons (Fsp3) is 0.800. The minimum absolute atomic E-state index is 0.00375. The lowest BCUT2D eigenvalue weighted by molar-refractivity contribution is -0.114. The molecule has 1 heterocycles. The molecule has 3 nitrogen and oxygen atoms in total. The van der Waals surface area contributed by atoms with Gasteiger partial charge in [0, 0.05) is 18.3 Å². The van der Waals surface area contributed by atoms with E-state index < -0.39 is 0 Å². The Balaban J connectivity index is 1.89. The number of allylic oxidation sites excluding steroid dienone is 1. The number of epoxide rings is 1. The van der Waals surface area contributed by atoms with E-state index in [1.54, 1.807) is 0 Å². The zero-order valence-electron chi connectivity index (χ0n) is 14.7. The molecule has 128 valence electrons. The molecule has 0 aromatic carbocycles. The summed E-state index contributed by atoms with van der Waals surface area (Å²) < 4.78 is 5.95. The Morgan fingerprint density at radius 3 is 2.52 bits per heavy atom. The van der Waals surface area contributed by atoms with Gasteiger partial charge in [-0.2, -0.15) is 0 Å². The minimum atomic E-state index is -0.288. The van der Waals surface area contributed by atoms with Crippen LogP contribution in [0.4, 0.5) is 0 Å². The molecule has 3 heteroatoms. The van der Waals surface area contributed by atoms with E-state index >= 15 is 0 Å². The zero-order valence-corrected chi connectivity index (χ0v) is 14.7. The predicted octanol–water partition coefficient (Wildman–Crippen LogP) is 3.96. The van der Waals surface area contributed by atoms with E-state index in [0.717, 1.165) is 25.6 Å². The number of aldehydes is 2. The second-order valence-electron chi connectivity index (χ2n) is 8.86. The van der Waals surface area contributed by atoms with Crippen molar-refractivity contribution in [2.45, 2.75) is 64.9 Å². The Morgan fingerprint density at radius 2 is 1.91 bits per heavy atom. The first-order chi connectivity index (χ1) is 10.9. The average Bonchev–Trinajstić information content (AvgIpc) is 3.24. The summed E-state index contributed by atoms with van der Waals surface area (Å²) in [5.74, 6) is 0.778. The lowest BCUT2D eigenvalue weighted by atomic mass is 9.46. The monoisotopic (exact) mass is 318 g/mol. The van der Waals surface area contributed by atoms with E-state index in [2.05, 4.69) is 26.8 Å². The highest BCUT2D eigenvalue weighted by Crippen LogP contribution is 2.65. The van der Waals surface area contributed by atoms with Gasteiger partial charge in [0.15, 0.2) is 0 Å². The third kappa shape index (κ3) is 2.82. The lowest BCUT2D eigenvalue weighted by Crippen LogP contribution is -2.54. The van der Waals surface area contributed by atoms with Gasteiger partial charge < -0.3 is 14.3 Å². The number of hydrogen-bond donors (Lipinski definition) is 0. The van der Waals surface area contributed by atoms with Gasteiger partial charge in [-0.3, -0.25) is 0 Å². The molecule has 0 radical (unpaired) electrons. The van der Waals surface area contributed by atoms with Crippen LogP contribution in [0.1, 0.15) is 59.3 Å². The van der Waals surface area contributed by atoms with E-state index in [9.17, 15) is 9.59 Å². The molecule has 0 amide bonds. The summed E-state index contributed by atoms with van der Waals surface area (Å²) in [5, 5.41) is 0. The summed E-state index contributed by atoms with van der Waals surface area (Å²) >= 11 is 0. The zero-order chi connectivity index (χ0) is 16.7. The summed E-state index contributed by atoms with van der Waals surface area (Å²) in [6.07, 6.45) is 12.4. The molecule has 1 aliphatic heterocycles. The number of hydrogen-bond acceptors (Lipinski definition) is 3. The Morgan fingerprint density at radius 1 is 1.17 bits per heavy atom. The Labute approximate surface area is 139 Å². The second-order valence-corrected chi connectivity index (χ2v) is 8.86. The smallest absolute Gasteiger partial charge is 0.127 e. The van der Waals surface area contributed by atoms with Gasteiger partial charge in [-0.05, 0) is 42.4 Å². The quantitative estimate of drug-likeness (QED) is 0.438. The summed E-state index contributed by atoms with van der Waals surface area (Å²) in [6, 6.07) is 0. The van der Waals surface area contributed by atoms with Crippen molar-refractivity contribution in [3.05, 3.63) is 12.2 Å². The van der Waals surface area contributed by atoms with E-state index in [-0.39, 0.29) is 23.4 Å². The molecule has 1 spiro atoms. The molecule has 0 bridgehead atoms. The van der Waals surface area contributed by atoms with Crippen LogP contribution in [-0.4, -0.2) is 24.8 Å². The number of rotatable bonds is 5. The van der Waals surface area contributed by atoms with Crippen LogP contribution in [0.5, 0.6) is 0 Å². The van der Waals surface area contributed by atoms with Crippen molar-refractivity contribution in [1.29, 1.82) is 0 Å². The Kier molecular flexibility index (Phi) is 4.29. The van der Waals surface area contributed by atoms with Crippen LogP contribution in [0, 0.1) is 28.6 Å². The van der Waals surface area contributed by atoms with Gasteiger partial charge in [-0.15, -0.1) is 0 Å². The van der Waals surface area contributed by atoms with Crippen molar-refractivity contribution in [3.8, 4) is 0 Å². The molecule has 2 saturated carbocycles. The number of fused-ring (bicyclic) bond motifs is 1. The fourth-order valence-corrected chi connectivity index (χ4v) is 5.76. The molecular weight excluding hydrogens is 288 g/mol. The van der Waals surface area contributed by atoms with Gasteiger partial charge in [-0.25, -0.2) is 0 Å². The molecule has 5 atom stereocenters. The van der Waals surface area contributed by atoms with Crippen molar-refractivity contribution in [1.82, 2.24) is 0 Å². The molecule has 3 aliphatic rings. The molecule has 0 N–H and O–H groups in total. The van der Waals surface area contributed by atoms with Crippen molar-refractivity contribution in [3.63, 3.8) is 0 Å². The summed E-state index contributed by atoms with van der Waals surface area (Å²) in [4.78, 5) is 21.9. The highest BCUT2D eigenvalue weighted by atomic mass is 16.6. The molecule has 0 aromatic heterocycles. The second kappa shape index (κ2) is 5.84. The van der Waals surface area contributed by atoms with Crippen LogP contribution >= 0.6 is 0 Å². The van der Waals surface area contributed by atoms with Gasteiger partial charge in [0.2, 0.25) is 0 Å². The first-order valence-corrected chi connectivity index (χ1v) is 9.09. The van der Waals surface area contributed by atoms with Crippen LogP contribution in [0.2, 0.25) is 0 Å². The van der Waals surface area contributed by atoms with Gasteiger partial charge in [-0.1, -0.05) is 39.3 Å². The maximum absolute atomic E-state index is 11.2. The van der Waals surface area contributed by atoms with Crippen LogP contribution < -0.4 is 0 Å². The third-order valence-corrected chi connectivity index (χ3v) is 7.02. The van der Waals surface area contributed by atoms with E-state index in [1.807, 2.05) is 6.08 Å². The highest BCUT2D eigenvalue weighted by molar-refractivity contribution is 5.64. The predicted molar refractivity (Wildman–Crippen MR) is 90.0 cm³/mol. The van der Waals surface area contributed by atoms with E-state index in [1.165, 1.54) is 25.7 Å². The highest BCUT2D eigenvalue weighted by Gasteiger charge is 2.64. The summed E-state index contributed by atoms with van der Waals surface area (Å²) in [7, 11) is 0. The van der Waals surface area contributed by atoms with Gasteiger partial charge in [0.25, 0.3) is 0 Å². The molecule has 23 heavy (non-hydrogen) atoms. The first-order valence-electron chi connectivity index (χ1n) is 9.09. The largest absolute Gasteiger partial charge is 0.369 e. The number of carbonyl (C=O) groups is 2. The minimum Gasteiger partial charge on any atom is -0.369 e. The van der Waals surface area contributed by atoms with E-state index in [4.69, 9.17) is 4.74 Å². The molecular formula is C20H30O3. The summed E-state index contributed by atoms with van der Waals surface area (Å²) in [5.41, 5.74) is 0.619. The summed E-state index contributed by atoms with van der Waals surface area (Å²) in [6.45, 7) is 8.13. The molecule has 0 aromatic rings. The van der Waals surface area contributed by atoms with Crippen LogP contribution in [0.15, 0.2) is 12.2 Å². The fourth-order valence-electron chi connectivity index (χ4n) is 5.76. The number of carbonyl (C=O) groups excluding carboxylic acids is 2. The molecule has 2 unspecified atom stereocenters. The maximum atomic E-state index is 11.2. The van der Waals surface area contributed by atoms with Crippen LogP contribution in [-0.2, 0) is 14.3 Å². The van der Waals surface area contributed by atoms with Crippen molar-refractivity contribution >= 4 is 12.6 Å². The van der Waals surface area contributed by atoms with Gasteiger partial charge in [0.05, 0.1) is 12.2 Å². The molecule has 3 rings (SSSR count). The topological polar surface area (TPSA) is 46.7 Å². The number of ether oxygens (including phenoxy) is 1. The lowest BCUT2D eigenvalue weighted by Gasteiger charge is -2.58. The maximum Gasteiger partial charge on any atom is 0.127 e. The normalized spacial score (nSPS) is 43.1. The first kappa shape index (κ1) is 16.9. The van der Waals surface area contributed by atoms with Crippen molar-refractivity contribution < 1.29 is 14.3 Å². The van der Waals surface area contributed by atoms with Gasteiger partial charge >= 0.3 is 0 Å². The molecule has 3 fully saturated rings. The van der Waals surface area contributed by atoms with Crippen molar-refractivity contribution in [2.75, 3.05) is 6.61 Å². The third-order valence-electron chi connectivity index (χ3n) is 7.02.